The average Bonchev–Trinajstić information content (AvgIpc) is 3.35. The zero-order valence-corrected chi connectivity index (χ0v) is 18.1. The molecule has 178 valence electrons. The van der Waals surface area contributed by atoms with Crippen molar-refractivity contribution >= 4 is 28.7 Å². The van der Waals surface area contributed by atoms with Crippen LogP contribution in [0.4, 0.5) is 26.4 Å². The molecule has 2 N–H and O–H groups in total. The van der Waals surface area contributed by atoms with Crippen molar-refractivity contribution in [2.24, 2.45) is 0 Å². The van der Waals surface area contributed by atoms with Crippen molar-refractivity contribution in [2.45, 2.75) is 64.8 Å². The molecule has 10 heteroatoms. The number of imidazole rings is 1. The Morgan fingerprint density at radius 2 is 1.76 bits per heavy atom. The number of benzene rings is 1. The Morgan fingerprint density at radius 3 is 2.39 bits per heavy atom. The van der Waals surface area contributed by atoms with E-state index in [4.69, 9.17) is 9.47 Å². The van der Waals surface area contributed by atoms with Gasteiger partial charge in [-0.25, -0.2) is 18.7 Å². The van der Waals surface area contributed by atoms with Crippen LogP contribution >= 0.6 is 0 Å². The first-order chi connectivity index (χ1) is 15.4. The number of nitrogens with one attached hydrogen (secondary N) is 2. The zero-order valence-electron chi connectivity index (χ0n) is 18.1. The van der Waals surface area contributed by atoms with Gasteiger partial charge in [0.25, 0.3) is 0 Å². The molecule has 1 aliphatic heterocycles. The summed E-state index contributed by atoms with van der Waals surface area (Å²) in [6.07, 6.45) is 4.60. The maximum absolute atomic E-state index is 14.4. The Kier molecular flexibility index (Phi) is 6.49. The Labute approximate surface area is 191 Å². The lowest BCUT2D eigenvalue weighted by Gasteiger charge is -2.36. The van der Waals surface area contributed by atoms with Crippen LogP contribution in [0.5, 0.6) is 0 Å². The van der Waals surface area contributed by atoms with Crippen molar-refractivity contribution < 1.29 is 18.3 Å². The molecular formula is C23H30F2N6O2. The Bertz CT molecular complexity index is 1100. The van der Waals surface area contributed by atoms with E-state index in [0.717, 1.165) is 25.7 Å². The molecule has 2 fully saturated rings. The van der Waals surface area contributed by atoms with E-state index in [-0.39, 0.29) is 25.2 Å². The molecule has 8 nitrogen and oxygen atoms in total. The Balaban J connectivity index is 0.00000259. The highest BCUT2D eigenvalue weighted by Gasteiger charge is 2.41. The normalized spacial score (nSPS) is 18.1. The van der Waals surface area contributed by atoms with Gasteiger partial charge in [-0.15, -0.1) is 0 Å². The fourth-order valence-electron chi connectivity index (χ4n) is 4.47. The fourth-order valence-corrected chi connectivity index (χ4v) is 4.47. The summed E-state index contributed by atoms with van der Waals surface area (Å²) in [5.74, 6) is -1.09. The summed E-state index contributed by atoms with van der Waals surface area (Å²) in [6.45, 7) is 5.22. The van der Waals surface area contributed by atoms with Gasteiger partial charge < -0.3 is 20.1 Å². The largest absolute Gasteiger partial charge is 0.352 e. The standard InChI is InChI=1S/C22H26F2N6O2.CH4/c1-13(2)26-20-25-12-17-19(29-20)30(14-6-8-22(9-7-14)31-10-11-32-22)21(27-17)28-18-15(23)4-3-5-16(18)24;/h3-5,12-14H,6-11H2,1-2H3,(H,27,28)(H,25,26,29);1H4. The van der Waals surface area contributed by atoms with Crippen LogP contribution in [-0.2, 0) is 9.47 Å². The first-order valence-corrected chi connectivity index (χ1v) is 10.9. The Morgan fingerprint density at radius 1 is 1.09 bits per heavy atom. The van der Waals surface area contributed by atoms with E-state index >= 15 is 0 Å². The van der Waals surface area contributed by atoms with Crippen molar-refractivity contribution in [3.8, 4) is 0 Å². The van der Waals surface area contributed by atoms with Crippen LogP contribution in [0.2, 0.25) is 0 Å². The van der Waals surface area contributed by atoms with Gasteiger partial charge in [-0.2, -0.15) is 4.98 Å². The number of ether oxygens (including phenoxy) is 2. The van der Waals surface area contributed by atoms with E-state index < -0.39 is 17.4 Å². The average molecular weight is 461 g/mol. The van der Waals surface area contributed by atoms with Crippen LogP contribution in [0.25, 0.3) is 11.2 Å². The third-order valence-corrected chi connectivity index (χ3v) is 5.95. The number of rotatable bonds is 5. The van der Waals surface area contributed by atoms with Crippen molar-refractivity contribution in [1.29, 1.82) is 0 Å². The SMILES string of the molecule is C.CC(C)Nc1ncc2nc(Nc3c(F)cccc3F)n(C3CCC4(CC3)OCCO4)c2n1. The molecule has 0 atom stereocenters. The second-order valence-corrected chi connectivity index (χ2v) is 8.57. The molecule has 33 heavy (non-hydrogen) atoms. The van der Waals surface area contributed by atoms with Crippen LogP contribution in [0.15, 0.2) is 24.4 Å². The van der Waals surface area contributed by atoms with Gasteiger partial charge in [0, 0.05) is 24.9 Å². The van der Waals surface area contributed by atoms with E-state index in [2.05, 4.69) is 25.6 Å². The predicted octanol–water partition coefficient (Wildman–Crippen LogP) is 5.16. The number of nitrogens with zero attached hydrogens (tertiary/aromatic N) is 4. The van der Waals surface area contributed by atoms with Crippen molar-refractivity contribution in [3.63, 3.8) is 0 Å². The van der Waals surface area contributed by atoms with Gasteiger partial charge in [-0.3, -0.25) is 4.57 Å². The van der Waals surface area contributed by atoms with Crippen LogP contribution < -0.4 is 10.6 Å². The number of hydrogen-bond donors (Lipinski definition) is 2. The lowest BCUT2D eigenvalue weighted by atomic mass is 9.90. The monoisotopic (exact) mass is 460 g/mol. The molecule has 1 aliphatic carbocycles. The van der Waals surface area contributed by atoms with E-state index in [0.29, 0.717) is 36.3 Å². The highest BCUT2D eigenvalue weighted by molar-refractivity contribution is 5.76. The molecule has 1 spiro atoms. The molecule has 3 aromatic rings. The minimum atomic E-state index is -0.688. The summed E-state index contributed by atoms with van der Waals surface area (Å²) in [7, 11) is 0. The topological polar surface area (TPSA) is 86.1 Å². The molecule has 2 aromatic heterocycles. The van der Waals surface area contributed by atoms with Gasteiger partial charge in [-0.05, 0) is 38.8 Å². The van der Waals surface area contributed by atoms with E-state index in [9.17, 15) is 8.78 Å². The van der Waals surface area contributed by atoms with Gasteiger partial charge in [0.15, 0.2) is 11.4 Å². The van der Waals surface area contributed by atoms with Gasteiger partial charge in [0.2, 0.25) is 11.9 Å². The second kappa shape index (κ2) is 9.18. The molecule has 1 saturated carbocycles. The summed E-state index contributed by atoms with van der Waals surface area (Å²) in [5, 5.41) is 6.07. The van der Waals surface area contributed by atoms with Gasteiger partial charge in [0.1, 0.15) is 22.8 Å². The molecule has 1 saturated heterocycles. The van der Waals surface area contributed by atoms with Crippen molar-refractivity contribution in [1.82, 2.24) is 19.5 Å². The summed E-state index contributed by atoms with van der Waals surface area (Å²) in [5.41, 5.74) is 0.913. The number of aromatic nitrogens is 4. The minimum Gasteiger partial charge on any atom is -0.352 e. The smallest absolute Gasteiger partial charge is 0.224 e. The van der Waals surface area contributed by atoms with Gasteiger partial charge in [0.05, 0.1) is 19.4 Å². The quantitative estimate of drug-likeness (QED) is 0.544. The van der Waals surface area contributed by atoms with E-state index in [1.807, 2.05) is 18.4 Å². The summed E-state index contributed by atoms with van der Waals surface area (Å²) < 4.78 is 42.4. The van der Waals surface area contributed by atoms with Crippen LogP contribution in [0.3, 0.4) is 0 Å². The van der Waals surface area contributed by atoms with Gasteiger partial charge in [-0.1, -0.05) is 13.5 Å². The third-order valence-electron chi connectivity index (χ3n) is 5.95. The summed E-state index contributed by atoms with van der Waals surface area (Å²) in [4.78, 5) is 13.6. The number of anilines is 3. The van der Waals surface area contributed by atoms with Crippen molar-refractivity contribution in [3.05, 3.63) is 36.0 Å². The number of halogens is 2. The van der Waals surface area contributed by atoms with E-state index in [1.165, 1.54) is 18.2 Å². The minimum absolute atomic E-state index is 0. The lowest BCUT2D eigenvalue weighted by molar-refractivity contribution is -0.181. The summed E-state index contributed by atoms with van der Waals surface area (Å²) >= 11 is 0. The maximum atomic E-state index is 14.4. The first kappa shape index (κ1) is 23.3. The molecule has 2 aliphatic rings. The second-order valence-electron chi connectivity index (χ2n) is 8.57. The van der Waals surface area contributed by atoms with E-state index in [1.54, 1.807) is 6.20 Å². The predicted molar refractivity (Wildman–Crippen MR) is 123 cm³/mol. The molecule has 0 radical (unpaired) electrons. The molecule has 1 aromatic carbocycles. The highest BCUT2D eigenvalue weighted by atomic mass is 19.1. The molecule has 3 heterocycles. The highest BCUT2D eigenvalue weighted by Crippen LogP contribution is 2.42. The number of fused-ring (bicyclic) bond motifs is 1. The molecule has 0 amide bonds. The zero-order chi connectivity index (χ0) is 22.3. The first-order valence-electron chi connectivity index (χ1n) is 10.9. The van der Waals surface area contributed by atoms with Gasteiger partial charge >= 0.3 is 0 Å². The van der Waals surface area contributed by atoms with Crippen molar-refractivity contribution in [2.75, 3.05) is 23.8 Å². The Hall–Kier alpha value is -2.85. The molecular weight excluding hydrogens is 430 g/mol. The van der Waals surface area contributed by atoms with Crippen LogP contribution in [0, 0.1) is 11.6 Å². The molecule has 0 unspecified atom stereocenters. The lowest BCUT2D eigenvalue weighted by Crippen LogP contribution is -2.36. The third kappa shape index (κ3) is 4.49. The number of para-hydroxylation sites is 1. The van der Waals surface area contributed by atoms with Crippen LogP contribution in [-0.4, -0.2) is 44.6 Å². The maximum Gasteiger partial charge on any atom is 0.224 e. The molecule has 0 bridgehead atoms. The fraction of sp³-hybridized carbons (Fsp3) is 0.522. The summed E-state index contributed by atoms with van der Waals surface area (Å²) in [6, 6.07) is 3.91. The molecule has 5 rings (SSSR count). The number of hydrogen-bond acceptors (Lipinski definition) is 7. The van der Waals surface area contributed by atoms with Crippen LogP contribution in [0.1, 0.15) is 53.0 Å².